The van der Waals surface area contributed by atoms with Crippen molar-refractivity contribution >= 4 is 11.8 Å². The van der Waals surface area contributed by atoms with E-state index in [0.717, 1.165) is 11.1 Å². The monoisotopic (exact) mass is 381 g/mol. The second kappa shape index (κ2) is 7.88. The number of nitrogens with zero attached hydrogens (tertiary/aromatic N) is 3. The van der Waals surface area contributed by atoms with Crippen molar-refractivity contribution in [3.8, 4) is 11.5 Å². The summed E-state index contributed by atoms with van der Waals surface area (Å²) in [7, 11) is 0. The lowest BCUT2D eigenvalue weighted by Crippen LogP contribution is -2.46. The Kier molecular flexibility index (Phi) is 5.14. The molecule has 1 aromatic carbocycles. The van der Waals surface area contributed by atoms with Gasteiger partial charge in [0.05, 0.1) is 0 Å². The molecule has 1 fully saturated rings. The van der Waals surface area contributed by atoms with Crippen molar-refractivity contribution in [1.29, 1.82) is 0 Å². The van der Waals surface area contributed by atoms with E-state index < -0.39 is 6.04 Å². The van der Waals surface area contributed by atoms with Crippen molar-refractivity contribution in [1.82, 2.24) is 14.8 Å². The zero-order chi connectivity index (χ0) is 19.5. The third-order valence-corrected chi connectivity index (χ3v) is 5.22. The van der Waals surface area contributed by atoms with Crippen LogP contribution >= 0.6 is 0 Å². The number of amides is 2. The number of hydrogen-bond donors (Lipinski definition) is 0. The summed E-state index contributed by atoms with van der Waals surface area (Å²) in [6, 6.07) is 9.01. The molecule has 0 saturated carbocycles. The van der Waals surface area contributed by atoms with E-state index >= 15 is 0 Å². The number of hydrogen-bond acceptors (Lipinski definition) is 5. The van der Waals surface area contributed by atoms with Crippen molar-refractivity contribution in [2.24, 2.45) is 0 Å². The number of fused-ring (bicyclic) bond motifs is 1. The van der Waals surface area contributed by atoms with Crippen molar-refractivity contribution in [3.63, 3.8) is 0 Å². The molecule has 28 heavy (non-hydrogen) atoms. The molecule has 0 bridgehead atoms. The van der Waals surface area contributed by atoms with E-state index in [1.165, 1.54) is 0 Å². The Balaban J connectivity index is 1.49. The molecule has 7 heteroatoms. The molecule has 1 aromatic heterocycles. The molecule has 1 unspecified atom stereocenters. The smallest absolute Gasteiger partial charge is 0.245 e. The summed E-state index contributed by atoms with van der Waals surface area (Å²) in [5, 5.41) is 0. The molecular weight excluding hydrogens is 358 g/mol. The number of likely N-dealkylation sites (N-methyl/N-ethyl adjacent to an activating group) is 1. The molecule has 2 aromatic rings. The Hall–Kier alpha value is -3.09. The van der Waals surface area contributed by atoms with Crippen LogP contribution in [0.25, 0.3) is 0 Å². The molecule has 2 aliphatic rings. The summed E-state index contributed by atoms with van der Waals surface area (Å²) in [5.74, 6) is 1.39. The summed E-state index contributed by atoms with van der Waals surface area (Å²) in [6.07, 6.45) is 4.39. The van der Waals surface area contributed by atoms with Crippen LogP contribution in [0.4, 0.5) is 0 Å². The van der Waals surface area contributed by atoms with Gasteiger partial charge in [-0.1, -0.05) is 6.07 Å². The highest BCUT2D eigenvalue weighted by atomic mass is 16.7. The third-order valence-electron chi connectivity index (χ3n) is 5.22. The molecule has 0 N–H and O–H groups in total. The highest BCUT2D eigenvalue weighted by Crippen LogP contribution is 2.33. The molecule has 0 spiro atoms. The number of carbonyl (C=O) groups excluding carboxylic acids is 2. The fourth-order valence-electron chi connectivity index (χ4n) is 3.69. The summed E-state index contributed by atoms with van der Waals surface area (Å²) < 4.78 is 10.8. The number of pyridine rings is 1. The molecule has 1 saturated heterocycles. The molecule has 2 aliphatic heterocycles. The molecule has 7 nitrogen and oxygen atoms in total. The number of aromatic nitrogens is 1. The number of benzene rings is 1. The van der Waals surface area contributed by atoms with Gasteiger partial charge in [-0.05, 0) is 48.7 Å². The first-order valence-corrected chi connectivity index (χ1v) is 9.51. The van der Waals surface area contributed by atoms with Gasteiger partial charge in [-0.15, -0.1) is 0 Å². The van der Waals surface area contributed by atoms with E-state index in [-0.39, 0.29) is 18.6 Å². The SMILES string of the molecule is CCN(Cc1ccncc1)C(=O)C1CCC(=O)N1Cc1ccc2c(c1)OCO2. The van der Waals surface area contributed by atoms with E-state index in [1.54, 1.807) is 22.2 Å². The zero-order valence-corrected chi connectivity index (χ0v) is 15.8. The normalized spacial score (nSPS) is 17.8. The molecule has 2 amide bonds. The third kappa shape index (κ3) is 3.65. The number of rotatable bonds is 6. The molecule has 146 valence electrons. The van der Waals surface area contributed by atoms with Gasteiger partial charge in [-0.2, -0.15) is 0 Å². The molecular formula is C21H23N3O4. The topological polar surface area (TPSA) is 72.0 Å². The van der Waals surface area contributed by atoms with Crippen molar-refractivity contribution < 1.29 is 19.1 Å². The van der Waals surface area contributed by atoms with Crippen LogP contribution in [0, 0.1) is 0 Å². The fraction of sp³-hybridized carbons (Fsp3) is 0.381. The number of carbonyl (C=O) groups is 2. The lowest BCUT2D eigenvalue weighted by Gasteiger charge is -2.30. The van der Waals surface area contributed by atoms with Crippen molar-refractivity contribution in [2.75, 3.05) is 13.3 Å². The standard InChI is InChI=1S/C21H23N3O4/c1-2-23(12-15-7-9-22-10-8-15)21(26)17-4-6-20(25)24(17)13-16-3-5-18-19(11-16)28-14-27-18/h3,5,7-11,17H,2,4,6,12-14H2,1H3. The average Bonchev–Trinajstić information content (AvgIpc) is 3.33. The summed E-state index contributed by atoms with van der Waals surface area (Å²) in [6.45, 7) is 3.66. The Bertz CT molecular complexity index is 871. The van der Waals surface area contributed by atoms with Gasteiger partial charge >= 0.3 is 0 Å². The van der Waals surface area contributed by atoms with Gasteiger partial charge in [-0.25, -0.2) is 0 Å². The molecule has 0 aliphatic carbocycles. The maximum atomic E-state index is 13.2. The Morgan fingerprint density at radius 1 is 1.18 bits per heavy atom. The van der Waals surface area contributed by atoms with Crippen LogP contribution in [0.3, 0.4) is 0 Å². The molecule has 0 radical (unpaired) electrons. The Morgan fingerprint density at radius 3 is 2.75 bits per heavy atom. The maximum Gasteiger partial charge on any atom is 0.245 e. The van der Waals surface area contributed by atoms with Crippen LogP contribution < -0.4 is 9.47 Å². The van der Waals surface area contributed by atoms with E-state index in [0.29, 0.717) is 44.0 Å². The van der Waals surface area contributed by atoms with Gasteiger partial charge in [0, 0.05) is 38.4 Å². The molecule has 1 atom stereocenters. The van der Waals surface area contributed by atoms with Gasteiger partial charge in [0.2, 0.25) is 18.6 Å². The minimum absolute atomic E-state index is 0.00842. The number of likely N-dealkylation sites (tertiary alicyclic amines) is 1. The Morgan fingerprint density at radius 2 is 1.96 bits per heavy atom. The summed E-state index contributed by atoms with van der Waals surface area (Å²) in [5.41, 5.74) is 1.95. The fourth-order valence-corrected chi connectivity index (χ4v) is 3.69. The average molecular weight is 381 g/mol. The van der Waals surface area contributed by atoms with Crippen LogP contribution in [0.1, 0.15) is 30.9 Å². The minimum Gasteiger partial charge on any atom is -0.454 e. The zero-order valence-electron chi connectivity index (χ0n) is 15.8. The van der Waals surface area contributed by atoms with Crippen LogP contribution in [0.15, 0.2) is 42.7 Å². The minimum atomic E-state index is -0.431. The largest absolute Gasteiger partial charge is 0.454 e. The predicted molar refractivity (Wildman–Crippen MR) is 101 cm³/mol. The Labute approximate surface area is 163 Å². The first-order valence-electron chi connectivity index (χ1n) is 9.51. The van der Waals surface area contributed by atoms with Gasteiger partial charge in [-0.3, -0.25) is 14.6 Å². The maximum absolute atomic E-state index is 13.2. The summed E-state index contributed by atoms with van der Waals surface area (Å²) in [4.78, 5) is 33.2. The van der Waals surface area contributed by atoms with Gasteiger partial charge < -0.3 is 19.3 Å². The van der Waals surface area contributed by atoms with E-state index in [4.69, 9.17) is 9.47 Å². The number of ether oxygens (including phenoxy) is 2. The van der Waals surface area contributed by atoms with Crippen LogP contribution in [0.5, 0.6) is 11.5 Å². The van der Waals surface area contributed by atoms with Gasteiger partial charge in [0.1, 0.15) is 6.04 Å². The summed E-state index contributed by atoms with van der Waals surface area (Å²) >= 11 is 0. The second-order valence-electron chi connectivity index (χ2n) is 6.97. The van der Waals surface area contributed by atoms with E-state index in [2.05, 4.69) is 4.98 Å². The van der Waals surface area contributed by atoms with Crippen LogP contribution in [-0.4, -0.2) is 46.0 Å². The molecule has 4 rings (SSSR count). The van der Waals surface area contributed by atoms with Crippen molar-refractivity contribution in [2.45, 2.75) is 38.9 Å². The van der Waals surface area contributed by atoms with E-state index in [1.807, 2.05) is 37.3 Å². The first-order chi connectivity index (χ1) is 13.7. The molecule has 3 heterocycles. The van der Waals surface area contributed by atoms with Crippen molar-refractivity contribution in [3.05, 3.63) is 53.9 Å². The first kappa shape index (κ1) is 18.3. The predicted octanol–water partition coefficient (Wildman–Crippen LogP) is 2.35. The van der Waals surface area contributed by atoms with Crippen LogP contribution in [-0.2, 0) is 22.7 Å². The van der Waals surface area contributed by atoms with Gasteiger partial charge in [0.15, 0.2) is 11.5 Å². The highest BCUT2D eigenvalue weighted by Gasteiger charge is 2.38. The lowest BCUT2D eigenvalue weighted by atomic mass is 10.1. The van der Waals surface area contributed by atoms with Gasteiger partial charge in [0.25, 0.3) is 0 Å². The van der Waals surface area contributed by atoms with Crippen LogP contribution in [0.2, 0.25) is 0 Å². The lowest BCUT2D eigenvalue weighted by molar-refractivity contribution is -0.142. The highest BCUT2D eigenvalue weighted by molar-refractivity contribution is 5.91. The quantitative estimate of drug-likeness (QED) is 0.768. The second-order valence-corrected chi connectivity index (χ2v) is 6.97. The van der Waals surface area contributed by atoms with E-state index in [9.17, 15) is 9.59 Å².